The van der Waals surface area contributed by atoms with Gasteiger partial charge in [-0.2, -0.15) is 5.10 Å². The van der Waals surface area contributed by atoms with E-state index < -0.39 is 0 Å². The lowest BCUT2D eigenvalue weighted by atomic mass is 10.2. The highest BCUT2D eigenvalue weighted by Crippen LogP contribution is 2.25. The van der Waals surface area contributed by atoms with Crippen LogP contribution in [0.5, 0.6) is 0 Å². The molecule has 22 heavy (non-hydrogen) atoms. The molecule has 0 radical (unpaired) electrons. The van der Waals surface area contributed by atoms with Crippen molar-refractivity contribution in [2.24, 2.45) is 0 Å². The van der Waals surface area contributed by atoms with Gasteiger partial charge in [0.15, 0.2) is 0 Å². The van der Waals surface area contributed by atoms with Gasteiger partial charge in [-0.1, -0.05) is 0 Å². The fourth-order valence-corrected chi connectivity index (χ4v) is 2.36. The van der Waals surface area contributed by atoms with Gasteiger partial charge in [0.05, 0.1) is 31.0 Å². The Kier molecular flexibility index (Phi) is 3.86. The molecule has 7 heteroatoms. The van der Waals surface area contributed by atoms with E-state index >= 15 is 0 Å². The van der Waals surface area contributed by atoms with Gasteiger partial charge in [-0.15, -0.1) is 0 Å². The molecule has 3 heterocycles. The van der Waals surface area contributed by atoms with Crippen LogP contribution in [0.1, 0.15) is 26.3 Å². The van der Waals surface area contributed by atoms with E-state index in [4.69, 9.17) is 4.74 Å². The van der Waals surface area contributed by atoms with Gasteiger partial charge in [0, 0.05) is 23.3 Å². The summed E-state index contributed by atoms with van der Waals surface area (Å²) in [5.41, 5.74) is 2.50. The number of esters is 1. The molecule has 1 unspecified atom stereocenters. The zero-order chi connectivity index (χ0) is 15.5. The van der Waals surface area contributed by atoms with Crippen molar-refractivity contribution in [1.29, 1.82) is 0 Å². The van der Waals surface area contributed by atoms with Crippen molar-refractivity contribution in [3.63, 3.8) is 0 Å². The molecule has 114 valence electrons. The highest BCUT2D eigenvalue weighted by molar-refractivity contribution is 5.89. The van der Waals surface area contributed by atoms with Crippen LogP contribution in [0.3, 0.4) is 0 Å². The van der Waals surface area contributed by atoms with Crippen molar-refractivity contribution in [3.8, 4) is 11.3 Å². The number of ether oxygens (including phenoxy) is 1. The van der Waals surface area contributed by atoms with E-state index in [1.165, 1.54) is 6.33 Å². The Bertz CT molecular complexity index is 792. The molecule has 1 atom stereocenters. The molecule has 0 fully saturated rings. The van der Waals surface area contributed by atoms with Crippen molar-refractivity contribution in [3.05, 3.63) is 31.0 Å². The maximum absolute atomic E-state index is 11.6. The Morgan fingerprint density at radius 2 is 2.32 bits per heavy atom. The first-order valence-corrected chi connectivity index (χ1v) is 7.17. The summed E-state index contributed by atoms with van der Waals surface area (Å²) in [6.07, 6.45) is 7.28. The smallest absolute Gasteiger partial charge is 0.307 e. The number of aromatic amines is 1. The first-order valence-electron chi connectivity index (χ1n) is 7.17. The van der Waals surface area contributed by atoms with Gasteiger partial charge >= 0.3 is 5.97 Å². The average Bonchev–Trinajstić information content (AvgIpc) is 3.16. The molecule has 3 rings (SSSR count). The van der Waals surface area contributed by atoms with Crippen molar-refractivity contribution in [1.82, 2.24) is 24.7 Å². The molecule has 0 aliphatic heterocycles. The summed E-state index contributed by atoms with van der Waals surface area (Å²) in [4.78, 5) is 23.1. The fourth-order valence-electron chi connectivity index (χ4n) is 2.36. The second-order valence-corrected chi connectivity index (χ2v) is 5.03. The van der Waals surface area contributed by atoms with Crippen LogP contribution in [0.25, 0.3) is 22.3 Å². The minimum absolute atomic E-state index is 0.0728. The number of fused-ring (bicyclic) bond motifs is 1. The van der Waals surface area contributed by atoms with Gasteiger partial charge in [0.2, 0.25) is 0 Å². The lowest BCUT2D eigenvalue weighted by Gasteiger charge is -2.10. The molecule has 0 bridgehead atoms. The molecule has 0 amide bonds. The van der Waals surface area contributed by atoms with Gasteiger partial charge in [0.1, 0.15) is 12.0 Å². The molecular formula is C15H17N5O2. The summed E-state index contributed by atoms with van der Waals surface area (Å²) < 4.78 is 6.72. The number of rotatable bonds is 5. The number of carbonyl (C=O) groups is 1. The van der Waals surface area contributed by atoms with Gasteiger partial charge in [-0.25, -0.2) is 9.97 Å². The molecule has 3 aromatic heterocycles. The highest BCUT2D eigenvalue weighted by atomic mass is 16.5. The Morgan fingerprint density at radius 3 is 3.14 bits per heavy atom. The predicted octanol–water partition coefficient (Wildman–Crippen LogP) is 2.34. The average molecular weight is 299 g/mol. The number of carbonyl (C=O) groups excluding carboxylic acids is 1. The molecule has 0 saturated carbocycles. The summed E-state index contributed by atoms with van der Waals surface area (Å²) in [5, 5.41) is 5.28. The number of nitrogens with one attached hydrogen (secondary N) is 1. The molecule has 3 aromatic rings. The van der Waals surface area contributed by atoms with Crippen LogP contribution in [0.4, 0.5) is 0 Å². The molecule has 0 spiro atoms. The van der Waals surface area contributed by atoms with E-state index in [1.54, 1.807) is 17.8 Å². The zero-order valence-corrected chi connectivity index (χ0v) is 12.5. The van der Waals surface area contributed by atoms with Crippen molar-refractivity contribution < 1.29 is 9.53 Å². The van der Waals surface area contributed by atoms with Crippen molar-refractivity contribution >= 4 is 17.0 Å². The van der Waals surface area contributed by atoms with Crippen LogP contribution >= 0.6 is 0 Å². The molecule has 0 saturated heterocycles. The summed E-state index contributed by atoms with van der Waals surface area (Å²) in [6, 6.07) is 1.86. The van der Waals surface area contributed by atoms with Crippen LogP contribution in [-0.2, 0) is 9.53 Å². The Labute approximate surface area is 127 Å². The summed E-state index contributed by atoms with van der Waals surface area (Å²) in [7, 11) is 0. The number of H-pyrrole nitrogens is 1. The molecule has 0 aliphatic carbocycles. The lowest BCUT2D eigenvalue weighted by Crippen LogP contribution is -2.13. The molecule has 7 nitrogen and oxygen atoms in total. The van der Waals surface area contributed by atoms with Crippen LogP contribution in [0.2, 0.25) is 0 Å². The minimum atomic E-state index is -0.220. The topological polar surface area (TPSA) is 85.7 Å². The predicted molar refractivity (Wildman–Crippen MR) is 81.1 cm³/mol. The lowest BCUT2D eigenvalue weighted by molar-refractivity contribution is -0.143. The Morgan fingerprint density at radius 1 is 1.45 bits per heavy atom. The number of hydrogen-bond acceptors (Lipinski definition) is 5. The molecular weight excluding hydrogens is 282 g/mol. The molecule has 1 N–H and O–H groups in total. The number of nitrogens with zero attached hydrogens (tertiary/aromatic N) is 4. The van der Waals surface area contributed by atoms with E-state index in [9.17, 15) is 4.79 Å². The SMILES string of the molecule is CCOC(=O)CC(C)n1cc(-c2ncnc3[nH]ccc23)cn1. The van der Waals surface area contributed by atoms with E-state index in [0.29, 0.717) is 6.61 Å². The second-order valence-electron chi connectivity index (χ2n) is 5.03. The van der Waals surface area contributed by atoms with Crippen molar-refractivity contribution in [2.75, 3.05) is 6.61 Å². The third-order valence-electron chi connectivity index (χ3n) is 3.45. The van der Waals surface area contributed by atoms with Crippen LogP contribution in [-0.4, -0.2) is 37.3 Å². The number of hydrogen-bond donors (Lipinski definition) is 1. The number of aromatic nitrogens is 5. The van der Waals surface area contributed by atoms with Crippen LogP contribution in [0, 0.1) is 0 Å². The Balaban J connectivity index is 1.84. The van der Waals surface area contributed by atoms with Crippen LogP contribution in [0.15, 0.2) is 31.0 Å². The summed E-state index contributed by atoms with van der Waals surface area (Å²) in [5.74, 6) is -0.220. The van der Waals surface area contributed by atoms with E-state index in [0.717, 1.165) is 22.3 Å². The largest absolute Gasteiger partial charge is 0.466 e. The maximum atomic E-state index is 11.6. The molecule has 0 aromatic carbocycles. The van der Waals surface area contributed by atoms with Gasteiger partial charge < -0.3 is 9.72 Å². The van der Waals surface area contributed by atoms with Gasteiger partial charge in [-0.3, -0.25) is 9.48 Å². The standard InChI is InChI=1S/C15H17N5O2/c1-3-22-13(21)6-10(2)20-8-11(7-19-20)14-12-4-5-16-15(12)18-9-17-14/h4-5,7-10H,3,6H2,1-2H3,(H,16,17,18). The molecule has 0 aliphatic rings. The minimum Gasteiger partial charge on any atom is -0.466 e. The van der Waals surface area contributed by atoms with Gasteiger partial charge in [-0.05, 0) is 19.9 Å². The Hall–Kier alpha value is -2.70. The summed E-state index contributed by atoms with van der Waals surface area (Å²) >= 11 is 0. The quantitative estimate of drug-likeness (QED) is 0.731. The normalized spacial score (nSPS) is 12.5. The van der Waals surface area contributed by atoms with E-state index in [1.807, 2.05) is 25.4 Å². The first-order chi connectivity index (χ1) is 10.7. The zero-order valence-electron chi connectivity index (χ0n) is 12.5. The van der Waals surface area contributed by atoms with E-state index in [-0.39, 0.29) is 18.4 Å². The monoisotopic (exact) mass is 299 g/mol. The van der Waals surface area contributed by atoms with Crippen molar-refractivity contribution in [2.45, 2.75) is 26.3 Å². The second kappa shape index (κ2) is 5.97. The van der Waals surface area contributed by atoms with E-state index in [2.05, 4.69) is 20.1 Å². The third-order valence-corrected chi connectivity index (χ3v) is 3.45. The first kappa shape index (κ1) is 14.2. The maximum Gasteiger partial charge on any atom is 0.307 e. The third kappa shape index (κ3) is 2.69. The fraction of sp³-hybridized carbons (Fsp3) is 0.333. The highest BCUT2D eigenvalue weighted by Gasteiger charge is 2.15. The van der Waals surface area contributed by atoms with Crippen LogP contribution < -0.4 is 0 Å². The van der Waals surface area contributed by atoms with Gasteiger partial charge in [0.25, 0.3) is 0 Å². The summed E-state index contributed by atoms with van der Waals surface area (Å²) in [6.45, 7) is 4.12.